The second-order valence-electron chi connectivity index (χ2n) is 9.48. The topological polar surface area (TPSA) is 67.9 Å². The molecule has 1 saturated heterocycles. The first-order valence-electron chi connectivity index (χ1n) is 10.2. The molecule has 2 amide bonds. The lowest BCUT2D eigenvalue weighted by molar-refractivity contribution is 0.0476. The Kier molecular flexibility index (Phi) is 5.79. The third-order valence-corrected chi connectivity index (χ3v) is 5.49. The molecule has 1 aromatic rings. The summed E-state index contributed by atoms with van der Waals surface area (Å²) in [4.78, 5) is 26.5. The monoisotopic (exact) mass is 406 g/mol. The fourth-order valence-electron chi connectivity index (χ4n) is 4.31. The van der Waals surface area contributed by atoms with Crippen LogP contribution >= 0.6 is 0 Å². The van der Waals surface area contributed by atoms with Crippen LogP contribution in [-0.2, 0) is 9.47 Å². The van der Waals surface area contributed by atoms with Crippen LogP contribution in [-0.4, -0.2) is 40.4 Å². The summed E-state index contributed by atoms with van der Waals surface area (Å²) in [7, 11) is 0. The second-order valence-corrected chi connectivity index (χ2v) is 9.48. The minimum atomic E-state index is -0.708. The molecule has 1 saturated carbocycles. The largest absolute Gasteiger partial charge is 0.444 e. The maximum atomic E-state index is 13.4. The van der Waals surface area contributed by atoms with Crippen LogP contribution in [0.25, 0.3) is 0 Å². The van der Waals surface area contributed by atoms with Crippen molar-refractivity contribution in [3.05, 3.63) is 35.6 Å². The minimum absolute atomic E-state index is 0.0102. The van der Waals surface area contributed by atoms with Crippen molar-refractivity contribution < 1.29 is 23.5 Å². The molecular weight excluding hydrogens is 375 g/mol. The number of alkyl carbamates (subject to hydrolysis) is 1. The summed E-state index contributed by atoms with van der Waals surface area (Å²) in [6, 6.07) is 6.00. The van der Waals surface area contributed by atoms with Gasteiger partial charge in [0.25, 0.3) is 0 Å². The number of nitrogens with one attached hydrogen (secondary N) is 1. The SMILES string of the molecule is CC(C)(C)OC(=O)N[C@H]1CC[C@H](N2C(=O)OC(C)(C)[C@@H]2c2ccc(F)cc2)CC1. The summed E-state index contributed by atoms with van der Waals surface area (Å²) in [6.45, 7) is 9.27. The molecular formula is C22H31FN2O4. The number of carbonyl (C=O) groups is 2. The summed E-state index contributed by atoms with van der Waals surface area (Å²) in [5.74, 6) is -0.308. The number of halogens is 1. The summed E-state index contributed by atoms with van der Waals surface area (Å²) >= 11 is 0. The highest BCUT2D eigenvalue weighted by atomic mass is 19.1. The molecule has 2 aliphatic rings. The van der Waals surface area contributed by atoms with Crippen molar-refractivity contribution >= 4 is 12.2 Å². The van der Waals surface area contributed by atoms with Gasteiger partial charge in [0.05, 0.1) is 6.04 Å². The van der Waals surface area contributed by atoms with Crippen LogP contribution in [0.5, 0.6) is 0 Å². The minimum Gasteiger partial charge on any atom is -0.444 e. The van der Waals surface area contributed by atoms with Crippen LogP contribution in [0.4, 0.5) is 14.0 Å². The van der Waals surface area contributed by atoms with Crippen LogP contribution in [0.15, 0.2) is 24.3 Å². The third kappa shape index (κ3) is 5.00. The highest BCUT2D eigenvalue weighted by Gasteiger charge is 2.51. The summed E-state index contributed by atoms with van der Waals surface area (Å²) in [5.41, 5.74) is -0.383. The Balaban J connectivity index is 1.67. The quantitative estimate of drug-likeness (QED) is 0.773. The summed E-state index contributed by atoms with van der Waals surface area (Å²) in [6.07, 6.45) is 2.26. The van der Waals surface area contributed by atoms with Crippen molar-refractivity contribution in [2.45, 2.75) is 89.6 Å². The van der Waals surface area contributed by atoms with Gasteiger partial charge in [-0.1, -0.05) is 12.1 Å². The van der Waals surface area contributed by atoms with E-state index in [1.807, 2.05) is 34.6 Å². The van der Waals surface area contributed by atoms with Gasteiger partial charge in [-0.05, 0) is 78.0 Å². The van der Waals surface area contributed by atoms with Gasteiger partial charge in [0.1, 0.15) is 17.0 Å². The highest BCUT2D eigenvalue weighted by Crippen LogP contribution is 2.44. The molecule has 3 rings (SSSR count). The van der Waals surface area contributed by atoms with Crippen molar-refractivity contribution in [1.82, 2.24) is 10.2 Å². The highest BCUT2D eigenvalue weighted by molar-refractivity contribution is 5.72. The number of rotatable bonds is 3. The lowest BCUT2D eigenvalue weighted by Crippen LogP contribution is -2.47. The normalized spacial score (nSPS) is 26.8. The van der Waals surface area contributed by atoms with Gasteiger partial charge in [-0.15, -0.1) is 0 Å². The van der Waals surface area contributed by atoms with Gasteiger partial charge in [0, 0.05) is 12.1 Å². The summed E-state index contributed by atoms with van der Waals surface area (Å²) < 4.78 is 24.4. The zero-order chi connectivity index (χ0) is 21.4. The fourth-order valence-corrected chi connectivity index (χ4v) is 4.31. The Morgan fingerprint density at radius 1 is 1.17 bits per heavy atom. The Hall–Kier alpha value is -2.31. The lowest BCUT2D eigenvalue weighted by Gasteiger charge is -2.38. The molecule has 2 fully saturated rings. The average molecular weight is 406 g/mol. The zero-order valence-corrected chi connectivity index (χ0v) is 17.8. The van der Waals surface area contributed by atoms with Crippen molar-refractivity contribution in [2.24, 2.45) is 0 Å². The lowest BCUT2D eigenvalue weighted by atomic mass is 9.86. The number of amides is 2. The zero-order valence-electron chi connectivity index (χ0n) is 17.8. The van der Waals surface area contributed by atoms with E-state index >= 15 is 0 Å². The first-order chi connectivity index (χ1) is 13.5. The molecule has 0 spiro atoms. The maximum absolute atomic E-state index is 13.4. The van der Waals surface area contributed by atoms with Crippen LogP contribution in [0.2, 0.25) is 0 Å². The molecule has 1 aliphatic heterocycles. The Labute approximate surface area is 171 Å². The van der Waals surface area contributed by atoms with Crippen LogP contribution < -0.4 is 5.32 Å². The molecule has 7 heteroatoms. The van der Waals surface area contributed by atoms with Crippen molar-refractivity contribution in [3.63, 3.8) is 0 Å². The first-order valence-corrected chi connectivity index (χ1v) is 10.2. The van der Waals surface area contributed by atoms with Gasteiger partial charge in [0.2, 0.25) is 0 Å². The van der Waals surface area contributed by atoms with E-state index in [-0.39, 0.29) is 30.0 Å². The number of carbonyl (C=O) groups excluding carboxylic acids is 2. The Morgan fingerprint density at radius 2 is 1.76 bits per heavy atom. The molecule has 1 aliphatic carbocycles. The molecule has 29 heavy (non-hydrogen) atoms. The van der Waals surface area contributed by atoms with Crippen LogP contribution in [0, 0.1) is 5.82 Å². The fraction of sp³-hybridized carbons (Fsp3) is 0.636. The number of hydrogen-bond donors (Lipinski definition) is 1. The van der Waals surface area contributed by atoms with Gasteiger partial charge >= 0.3 is 12.2 Å². The molecule has 0 bridgehead atoms. The molecule has 1 heterocycles. The Morgan fingerprint density at radius 3 is 2.31 bits per heavy atom. The van der Waals surface area contributed by atoms with Crippen molar-refractivity contribution in [2.75, 3.05) is 0 Å². The van der Waals surface area contributed by atoms with E-state index in [0.717, 1.165) is 31.2 Å². The van der Waals surface area contributed by atoms with E-state index in [4.69, 9.17) is 9.47 Å². The van der Waals surface area contributed by atoms with Crippen LogP contribution in [0.3, 0.4) is 0 Å². The van der Waals surface area contributed by atoms with Crippen LogP contribution in [0.1, 0.15) is 71.9 Å². The summed E-state index contributed by atoms with van der Waals surface area (Å²) in [5, 5.41) is 2.93. The van der Waals surface area contributed by atoms with E-state index in [9.17, 15) is 14.0 Å². The molecule has 6 nitrogen and oxygen atoms in total. The predicted octanol–water partition coefficient (Wildman–Crippen LogP) is 4.93. The third-order valence-electron chi connectivity index (χ3n) is 5.49. The molecule has 1 aromatic carbocycles. The standard InChI is InChI=1S/C22H31FN2O4/c1-21(2,3)28-19(26)24-16-10-12-17(13-11-16)25-18(22(4,5)29-20(25)27)14-6-8-15(23)9-7-14/h6-9,16-18H,10-13H2,1-5H3,(H,24,26)/t16-,17-,18-/m0/s1. The van der Waals surface area contributed by atoms with Gasteiger partial charge in [0.15, 0.2) is 0 Å². The number of hydrogen-bond acceptors (Lipinski definition) is 4. The number of cyclic esters (lactones) is 1. The molecule has 0 aromatic heterocycles. The smallest absolute Gasteiger partial charge is 0.411 e. The molecule has 1 atom stereocenters. The molecule has 160 valence electrons. The number of nitrogens with zero attached hydrogens (tertiary/aromatic N) is 1. The van der Waals surface area contributed by atoms with E-state index in [0.29, 0.717) is 0 Å². The van der Waals surface area contributed by atoms with Gasteiger partial charge in [-0.25, -0.2) is 14.0 Å². The maximum Gasteiger partial charge on any atom is 0.411 e. The first kappa shape index (κ1) is 21.4. The predicted molar refractivity (Wildman–Crippen MR) is 107 cm³/mol. The number of ether oxygens (including phenoxy) is 2. The number of benzene rings is 1. The Bertz CT molecular complexity index is 749. The van der Waals surface area contributed by atoms with E-state index in [1.54, 1.807) is 17.0 Å². The van der Waals surface area contributed by atoms with Crippen molar-refractivity contribution in [3.8, 4) is 0 Å². The van der Waals surface area contributed by atoms with E-state index in [1.165, 1.54) is 12.1 Å². The second kappa shape index (κ2) is 7.84. The van der Waals surface area contributed by atoms with E-state index in [2.05, 4.69) is 5.32 Å². The van der Waals surface area contributed by atoms with Crippen molar-refractivity contribution in [1.29, 1.82) is 0 Å². The average Bonchev–Trinajstić information content (AvgIpc) is 2.83. The van der Waals surface area contributed by atoms with Gasteiger partial charge < -0.3 is 14.8 Å². The molecule has 0 radical (unpaired) electrons. The molecule has 1 N–H and O–H groups in total. The van der Waals surface area contributed by atoms with Gasteiger partial charge in [-0.2, -0.15) is 0 Å². The molecule has 0 unspecified atom stereocenters. The van der Waals surface area contributed by atoms with E-state index < -0.39 is 17.3 Å². The van der Waals surface area contributed by atoms with Gasteiger partial charge in [-0.3, -0.25) is 4.90 Å².